The minimum Gasteiger partial charge on any atom is -0.395 e. The van der Waals surface area contributed by atoms with Gasteiger partial charge >= 0.3 is 0 Å². The van der Waals surface area contributed by atoms with Gasteiger partial charge in [0.2, 0.25) is 0 Å². The Kier molecular flexibility index (Phi) is 3.42. The van der Waals surface area contributed by atoms with Crippen molar-refractivity contribution in [3.63, 3.8) is 0 Å². The molecule has 6 nitrogen and oxygen atoms in total. The van der Waals surface area contributed by atoms with E-state index in [-0.39, 0.29) is 6.61 Å². The number of carbonyl (C=O) groups excluding carboxylic acids is 2. The lowest BCUT2D eigenvalue weighted by atomic mass is 10.1. The monoisotopic (exact) mass is 275 g/mol. The number of aliphatic hydroxyl groups excluding tert-OH is 1. The van der Waals surface area contributed by atoms with Gasteiger partial charge in [-0.1, -0.05) is 0 Å². The van der Waals surface area contributed by atoms with Crippen molar-refractivity contribution in [3.05, 3.63) is 23.8 Å². The van der Waals surface area contributed by atoms with Gasteiger partial charge in [-0.2, -0.15) is 0 Å². The summed E-state index contributed by atoms with van der Waals surface area (Å²) >= 11 is 0. The molecule has 1 aromatic carbocycles. The molecule has 0 aliphatic carbocycles. The standard InChI is InChI=1S/C14H17N3O3/c18-8-7-16-3-5-17(6-4-16)10-1-2-11-12(9-10)15-14(20)13(11)19/h1-2,9,18H,3-8H2,(H,15,19,20). The van der Waals surface area contributed by atoms with E-state index in [0.29, 0.717) is 17.8 Å². The zero-order chi connectivity index (χ0) is 14.1. The minimum absolute atomic E-state index is 0.187. The van der Waals surface area contributed by atoms with Crippen LogP contribution in [0.1, 0.15) is 10.4 Å². The first-order chi connectivity index (χ1) is 9.69. The summed E-state index contributed by atoms with van der Waals surface area (Å²) in [6, 6.07) is 5.46. The van der Waals surface area contributed by atoms with Crippen molar-refractivity contribution < 1.29 is 14.7 Å². The minimum atomic E-state index is -0.551. The summed E-state index contributed by atoms with van der Waals surface area (Å²) in [6.07, 6.45) is 0. The van der Waals surface area contributed by atoms with E-state index >= 15 is 0 Å². The fraction of sp³-hybridized carbons (Fsp3) is 0.429. The Labute approximate surface area is 117 Å². The maximum Gasteiger partial charge on any atom is 0.296 e. The molecule has 0 unspecified atom stereocenters. The molecule has 1 amide bonds. The van der Waals surface area contributed by atoms with Crippen molar-refractivity contribution in [1.29, 1.82) is 0 Å². The van der Waals surface area contributed by atoms with Gasteiger partial charge in [0.1, 0.15) is 0 Å². The average molecular weight is 275 g/mol. The highest BCUT2D eigenvalue weighted by Crippen LogP contribution is 2.28. The molecular formula is C14H17N3O3. The van der Waals surface area contributed by atoms with E-state index in [9.17, 15) is 9.59 Å². The van der Waals surface area contributed by atoms with E-state index in [1.165, 1.54) is 0 Å². The number of carbonyl (C=O) groups is 2. The van der Waals surface area contributed by atoms with Gasteiger partial charge < -0.3 is 15.3 Å². The van der Waals surface area contributed by atoms with Crippen LogP contribution >= 0.6 is 0 Å². The maximum absolute atomic E-state index is 11.5. The van der Waals surface area contributed by atoms with Gasteiger partial charge in [0, 0.05) is 38.4 Å². The van der Waals surface area contributed by atoms with Crippen molar-refractivity contribution in [2.24, 2.45) is 0 Å². The average Bonchev–Trinajstić information content (AvgIpc) is 2.75. The SMILES string of the molecule is O=C1Nc2cc(N3CCN(CCO)CC3)ccc2C1=O. The molecule has 0 atom stereocenters. The van der Waals surface area contributed by atoms with Crippen molar-refractivity contribution in [2.45, 2.75) is 0 Å². The van der Waals surface area contributed by atoms with E-state index in [0.717, 1.165) is 31.9 Å². The molecule has 0 saturated carbocycles. The number of nitrogens with one attached hydrogen (secondary N) is 1. The first-order valence-electron chi connectivity index (χ1n) is 6.77. The summed E-state index contributed by atoms with van der Waals surface area (Å²) in [5.74, 6) is -1.01. The summed E-state index contributed by atoms with van der Waals surface area (Å²) in [4.78, 5) is 27.3. The number of nitrogens with zero attached hydrogens (tertiary/aromatic N) is 2. The number of fused-ring (bicyclic) bond motifs is 1. The van der Waals surface area contributed by atoms with Crippen LogP contribution < -0.4 is 10.2 Å². The van der Waals surface area contributed by atoms with Crippen molar-refractivity contribution in [3.8, 4) is 0 Å². The van der Waals surface area contributed by atoms with Gasteiger partial charge in [-0.25, -0.2) is 0 Å². The predicted octanol–water partition coefficient (Wildman–Crippen LogP) is -0.0643. The van der Waals surface area contributed by atoms with E-state index in [2.05, 4.69) is 15.1 Å². The summed E-state index contributed by atoms with van der Waals surface area (Å²) in [6.45, 7) is 4.46. The van der Waals surface area contributed by atoms with Gasteiger partial charge in [0.05, 0.1) is 17.9 Å². The number of anilines is 2. The van der Waals surface area contributed by atoms with Crippen LogP contribution in [0.15, 0.2) is 18.2 Å². The predicted molar refractivity (Wildman–Crippen MR) is 75.1 cm³/mol. The van der Waals surface area contributed by atoms with Crippen molar-refractivity contribution >= 4 is 23.1 Å². The number of aliphatic hydroxyl groups is 1. The van der Waals surface area contributed by atoms with E-state index in [1.807, 2.05) is 12.1 Å². The smallest absolute Gasteiger partial charge is 0.296 e. The van der Waals surface area contributed by atoms with Crippen LogP contribution in [0.3, 0.4) is 0 Å². The normalized spacial score (nSPS) is 19.1. The molecule has 3 rings (SSSR count). The van der Waals surface area contributed by atoms with E-state index in [1.54, 1.807) is 6.07 Å². The molecule has 1 aromatic rings. The number of hydrogen-bond acceptors (Lipinski definition) is 5. The first-order valence-corrected chi connectivity index (χ1v) is 6.77. The highest BCUT2D eigenvalue weighted by Gasteiger charge is 2.28. The second-order valence-corrected chi connectivity index (χ2v) is 5.07. The van der Waals surface area contributed by atoms with Crippen LogP contribution in [0.25, 0.3) is 0 Å². The molecule has 0 spiro atoms. The third kappa shape index (κ3) is 2.28. The Balaban J connectivity index is 1.72. The summed E-state index contributed by atoms with van der Waals surface area (Å²) < 4.78 is 0. The fourth-order valence-corrected chi connectivity index (χ4v) is 2.70. The zero-order valence-electron chi connectivity index (χ0n) is 11.1. The number of rotatable bonds is 3. The second kappa shape index (κ2) is 5.22. The number of ketones is 1. The maximum atomic E-state index is 11.5. The Hall–Kier alpha value is -1.92. The van der Waals surface area contributed by atoms with E-state index in [4.69, 9.17) is 5.11 Å². The lowest BCUT2D eigenvalue weighted by Crippen LogP contribution is -2.47. The molecule has 106 valence electrons. The molecule has 6 heteroatoms. The molecule has 2 aliphatic heterocycles. The number of β-amino-alcohol motifs (C(OH)–C–C–N with tert-alkyl or cyclic N) is 1. The van der Waals surface area contributed by atoms with Gasteiger partial charge in [-0.05, 0) is 18.2 Å². The summed E-state index contributed by atoms with van der Waals surface area (Å²) in [5, 5.41) is 11.5. The Morgan fingerprint density at radius 3 is 2.60 bits per heavy atom. The quantitative estimate of drug-likeness (QED) is 0.756. The van der Waals surface area contributed by atoms with Gasteiger partial charge in [0.25, 0.3) is 11.7 Å². The third-order valence-corrected chi connectivity index (χ3v) is 3.86. The third-order valence-electron chi connectivity index (χ3n) is 3.86. The molecule has 0 bridgehead atoms. The Morgan fingerprint density at radius 2 is 1.90 bits per heavy atom. The number of benzene rings is 1. The molecular weight excluding hydrogens is 258 g/mol. The summed E-state index contributed by atoms with van der Waals surface area (Å²) in [5.41, 5.74) is 2.08. The topological polar surface area (TPSA) is 72.9 Å². The number of Topliss-reactive ketones (excluding diaryl/α,β-unsaturated/α-hetero) is 1. The highest BCUT2D eigenvalue weighted by atomic mass is 16.3. The van der Waals surface area contributed by atoms with Gasteiger partial charge in [-0.15, -0.1) is 0 Å². The molecule has 1 saturated heterocycles. The zero-order valence-corrected chi connectivity index (χ0v) is 11.1. The number of hydrogen-bond donors (Lipinski definition) is 2. The van der Waals surface area contributed by atoms with Crippen LogP contribution in [0.5, 0.6) is 0 Å². The van der Waals surface area contributed by atoms with Gasteiger partial charge in [0.15, 0.2) is 0 Å². The van der Waals surface area contributed by atoms with Crippen molar-refractivity contribution in [1.82, 2.24) is 4.90 Å². The molecule has 0 aromatic heterocycles. The highest BCUT2D eigenvalue weighted by molar-refractivity contribution is 6.51. The Morgan fingerprint density at radius 1 is 1.15 bits per heavy atom. The lowest BCUT2D eigenvalue weighted by molar-refractivity contribution is -0.112. The van der Waals surface area contributed by atoms with Crippen LogP contribution in [-0.4, -0.2) is 61.0 Å². The molecule has 1 fully saturated rings. The van der Waals surface area contributed by atoms with Crippen LogP contribution in [0, 0.1) is 0 Å². The molecule has 0 radical (unpaired) electrons. The van der Waals surface area contributed by atoms with Crippen molar-refractivity contribution in [2.75, 3.05) is 49.5 Å². The lowest BCUT2D eigenvalue weighted by Gasteiger charge is -2.35. The number of piperazine rings is 1. The number of amides is 1. The largest absolute Gasteiger partial charge is 0.395 e. The fourth-order valence-electron chi connectivity index (χ4n) is 2.70. The first kappa shape index (κ1) is 13.1. The van der Waals surface area contributed by atoms with Gasteiger partial charge in [-0.3, -0.25) is 14.5 Å². The molecule has 2 heterocycles. The molecule has 20 heavy (non-hydrogen) atoms. The van der Waals surface area contributed by atoms with Crippen LogP contribution in [0.2, 0.25) is 0 Å². The van der Waals surface area contributed by atoms with Crippen LogP contribution in [-0.2, 0) is 4.79 Å². The molecule has 2 aliphatic rings. The molecule has 2 N–H and O–H groups in total. The Bertz CT molecular complexity index is 551. The van der Waals surface area contributed by atoms with Crippen LogP contribution in [0.4, 0.5) is 11.4 Å². The van der Waals surface area contributed by atoms with E-state index < -0.39 is 11.7 Å². The summed E-state index contributed by atoms with van der Waals surface area (Å²) in [7, 11) is 0. The second-order valence-electron chi connectivity index (χ2n) is 5.07.